The van der Waals surface area contributed by atoms with Gasteiger partial charge in [0.1, 0.15) is 0 Å². The van der Waals surface area contributed by atoms with Gasteiger partial charge >= 0.3 is 0 Å². The zero-order chi connectivity index (χ0) is 14.7. The summed E-state index contributed by atoms with van der Waals surface area (Å²) >= 11 is 0. The van der Waals surface area contributed by atoms with Crippen LogP contribution in [0.15, 0.2) is 36.7 Å². The molecule has 1 heterocycles. The molecule has 0 saturated heterocycles. The molecule has 2 aromatic rings. The molecule has 0 bridgehead atoms. The first-order valence-corrected chi connectivity index (χ1v) is 8.14. The van der Waals surface area contributed by atoms with Crippen LogP contribution in [0, 0.1) is 5.92 Å². The van der Waals surface area contributed by atoms with Gasteiger partial charge in [0, 0.05) is 18.8 Å². The fraction of sp³-hybridized carbons (Fsp3) is 0.500. The maximum Gasteiger partial charge on any atom is 0.0521 e. The topological polar surface area (TPSA) is 29.9 Å². The standard InChI is InChI=1S/C18H25N3/c1-3-9-19-18-16(10-14-12-20-21(4-2)13-14)11-15-7-5-6-8-17(15)18/h5-8,12-13,16,18-19H,3-4,9-11H2,1-2H3. The van der Waals surface area contributed by atoms with E-state index in [2.05, 4.69) is 54.7 Å². The number of aryl methyl sites for hydroxylation is 1. The lowest BCUT2D eigenvalue weighted by Gasteiger charge is -2.21. The Morgan fingerprint density at radius 3 is 2.90 bits per heavy atom. The molecule has 1 N–H and O–H groups in total. The maximum atomic E-state index is 4.41. The molecule has 3 nitrogen and oxygen atoms in total. The maximum absolute atomic E-state index is 4.41. The van der Waals surface area contributed by atoms with Crippen molar-refractivity contribution in [2.45, 2.75) is 45.7 Å². The summed E-state index contributed by atoms with van der Waals surface area (Å²) in [4.78, 5) is 0. The summed E-state index contributed by atoms with van der Waals surface area (Å²) < 4.78 is 2.02. The number of fused-ring (bicyclic) bond motifs is 1. The highest BCUT2D eigenvalue weighted by atomic mass is 15.3. The Balaban J connectivity index is 1.77. The average molecular weight is 283 g/mol. The Kier molecular flexibility index (Phi) is 4.39. The first kappa shape index (κ1) is 14.3. The predicted molar refractivity (Wildman–Crippen MR) is 86.3 cm³/mol. The van der Waals surface area contributed by atoms with E-state index in [1.165, 1.54) is 29.5 Å². The second-order valence-electron chi connectivity index (χ2n) is 6.00. The van der Waals surface area contributed by atoms with Crippen molar-refractivity contribution in [3.8, 4) is 0 Å². The van der Waals surface area contributed by atoms with Crippen LogP contribution in [0.2, 0.25) is 0 Å². The van der Waals surface area contributed by atoms with E-state index in [9.17, 15) is 0 Å². The lowest BCUT2D eigenvalue weighted by atomic mass is 9.94. The Morgan fingerprint density at radius 2 is 2.14 bits per heavy atom. The van der Waals surface area contributed by atoms with Crippen LogP contribution in [0.3, 0.4) is 0 Å². The number of nitrogens with zero attached hydrogens (tertiary/aromatic N) is 2. The second kappa shape index (κ2) is 6.44. The van der Waals surface area contributed by atoms with E-state index < -0.39 is 0 Å². The van der Waals surface area contributed by atoms with Crippen molar-refractivity contribution in [2.75, 3.05) is 6.54 Å². The lowest BCUT2D eigenvalue weighted by molar-refractivity contribution is 0.387. The third-order valence-electron chi connectivity index (χ3n) is 4.47. The molecule has 2 atom stereocenters. The molecular formula is C18H25N3. The first-order chi connectivity index (χ1) is 10.3. The van der Waals surface area contributed by atoms with Crippen LogP contribution in [0.5, 0.6) is 0 Å². The molecule has 0 spiro atoms. The summed E-state index contributed by atoms with van der Waals surface area (Å²) in [7, 11) is 0. The Labute approximate surface area is 127 Å². The van der Waals surface area contributed by atoms with Gasteiger partial charge in [0.2, 0.25) is 0 Å². The Bertz CT molecular complexity index is 588. The third-order valence-corrected chi connectivity index (χ3v) is 4.47. The number of hydrogen-bond acceptors (Lipinski definition) is 2. The highest BCUT2D eigenvalue weighted by molar-refractivity contribution is 5.36. The molecule has 0 radical (unpaired) electrons. The third kappa shape index (κ3) is 3.03. The Hall–Kier alpha value is -1.61. The van der Waals surface area contributed by atoms with E-state index in [1.807, 2.05) is 10.9 Å². The molecule has 1 aliphatic carbocycles. The highest BCUT2D eigenvalue weighted by Crippen LogP contribution is 2.37. The molecule has 0 amide bonds. The summed E-state index contributed by atoms with van der Waals surface area (Å²) in [6, 6.07) is 9.39. The number of nitrogens with one attached hydrogen (secondary N) is 1. The SMILES string of the molecule is CCCNC1c2ccccc2CC1Cc1cnn(CC)c1. The number of hydrogen-bond donors (Lipinski definition) is 1. The molecule has 1 aromatic carbocycles. The van der Waals surface area contributed by atoms with Crippen molar-refractivity contribution in [3.63, 3.8) is 0 Å². The van der Waals surface area contributed by atoms with E-state index in [-0.39, 0.29) is 0 Å². The van der Waals surface area contributed by atoms with Crippen LogP contribution < -0.4 is 5.32 Å². The highest BCUT2D eigenvalue weighted by Gasteiger charge is 2.31. The molecular weight excluding hydrogens is 258 g/mol. The van der Waals surface area contributed by atoms with Crippen molar-refractivity contribution in [1.82, 2.24) is 15.1 Å². The molecule has 0 fully saturated rings. The van der Waals surface area contributed by atoms with Crippen LogP contribution >= 0.6 is 0 Å². The van der Waals surface area contributed by atoms with Crippen LogP contribution in [0.1, 0.15) is 43.0 Å². The molecule has 3 heteroatoms. The van der Waals surface area contributed by atoms with Gasteiger partial charge in [-0.3, -0.25) is 4.68 Å². The van der Waals surface area contributed by atoms with Gasteiger partial charge in [-0.25, -0.2) is 0 Å². The summed E-state index contributed by atoms with van der Waals surface area (Å²) in [5.74, 6) is 0.642. The van der Waals surface area contributed by atoms with Crippen molar-refractivity contribution < 1.29 is 0 Å². The molecule has 112 valence electrons. The second-order valence-corrected chi connectivity index (χ2v) is 6.00. The molecule has 0 aliphatic heterocycles. The van der Waals surface area contributed by atoms with Gasteiger partial charge in [-0.2, -0.15) is 5.10 Å². The summed E-state index contributed by atoms with van der Waals surface area (Å²) in [5, 5.41) is 8.16. The minimum absolute atomic E-state index is 0.492. The van der Waals surface area contributed by atoms with E-state index >= 15 is 0 Å². The van der Waals surface area contributed by atoms with Crippen LogP contribution in [0.25, 0.3) is 0 Å². The number of benzene rings is 1. The molecule has 3 rings (SSSR count). The van der Waals surface area contributed by atoms with Crippen molar-refractivity contribution >= 4 is 0 Å². The summed E-state index contributed by atoms with van der Waals surface area (Å²) in [5.41, 5.74) is 4.37. The van der Waals surface area contributed by atoms with Gasteiger partial charge in [0.05, 0.1) is 6.20 Å². The quantitative estimate of drug-likeness (QED) is 0.881. The van der Waals surface area contributed by atoms with Crippen molar-refractivity contribution in [3.05, 3.63) is 53.3 Å². The first-order valence-electron chi connectivity index (χ1n) is 8.14. The predicted octanol–water partition coefficient (Wildman–Crippen LogP) is 3.36. The molecule has 1 aromatic heterocycles. The lowest BCUT2D eigenvalue weighted by Crippen LogP contribution is -2.27. The smallest absolute Gasteiger partial charge is 0.0521 e. The largest absolute Gasteiger partial charge is 0.310 e. The normalized spacial score (nSPS) is 20.7. The molecule has 21 heavy (non-hydrogen) atoms. The molecule has 2 unspecified atom stereocenters. The zero-order valence-electron chi connectivity index (χ0n) is 13.0. The van der Waals surface area contributed by atoms with Gasteiger partial charge in [0.25, 0.3) is 0 Å². The number of rotatable bonds is 6. The van der Waals surface area contributed by atoms with Gasteiger partial charge in [-0.05, 0) is 55.3 Å². The van der Waals surface area contributed by atoms with Gasteiger partial charge in [-0.15, -0.1) is 0 Å². The van der Waals surface area contributed by atoms with Gasteiger partial charge in [0.15, 0.2) is 0 Å². The van der Waals surface area contributed by atoms with Gasteiger partial charge in [-0.1, -0.05) is 31.2 Å². The van der Waals surface area contributed by atoms with Crippen molar-refractivity contribution in [1.29, 1.82) is 0 Å². The summed E-state index contributed by atoms with van der Waals surface area (Å²) in [6.45, 7) is 6.40. The van der Waals surface area contributed by atoms with Gasteiger partial charge < -0.3 is 5.32 Å². The van der Waals surface area contributed by atoms with E-state index in [0.717, 1.165) is 19.5 Å². The van der Waals surface area contributed by atoms with Crippen LogP contribution in [-0.4, -0.2) is 16.3 Å². The molecule has 0 saturated carbocycles. The minimum atomic E-state index is 0.492. The monoisotopic (exact) mass is 283 g/mol. The van der Waals surface area contributed by atoms with Crippen LogP contribution in [0.4, 0.5) is 0 Å². The van der Waals surface area contributed by atoms with E-state index in [4.69, 9.17) is 0 Å². The Morgan fingerprint density at radius 1 is 1.29 bits per heavy atom. The fourth-order valence-electron chi connectivity index (χ4n) is 3.43. The zero-order valence-corrected chi connectivity index (χ0v) is 13.0. The fourth-order valence-corrected chi connectivity index (χ4v) is 3.43. The summed E-state index contributed by atoms with van der Waals surface area (Å²) in [6.07, 6.45) is 7.69. The van der Waals surface area contributed by atoms with Crippen LogP contribution in [-0.2, 0) is 19.4 Å². The minimum Gasteiger partial charge on any atom is -0.310 e. The average Bonchev–Trinajstić information content (AvgIpc) is 3.09. The number of aromatic nitrogens is 2. The van der Waals surface area contributed by atoms with Crippen molar-refractivity contribution in [2.24, 2.45) is 5.92 Å². The van der Waals surface area contributed by atoms with E-state index in [1.54, 1.807) is 0 Å². The van der Waals surface area contributed by atoms with E-state index in [0.29, 0.717) is 12.0 Å². The molecule has 1 aliphatic rings.